The molecule has 1 fully saturated rings. The second-order valence-electron chi connectivity index (χ2n) is 8.83. The summed E-state index contributed by atoms with van der Waals surface area (Å²) in [6.45, 7) is 0. The molecule has 0 radical (unpaired) electrons. The molecule has 2 N–H and O–H groups in total. The molecule has 3 aromatic carbocycles. The van der Waals surface area contributed by atoms with E-state index in [-0.39, 0.29) is 17.5 Å². The molecule has 1 saturated carbocycles. The zero-order valence-electron chi connectivity index (χ0n) is 19.3. The number of amides is 2. The van der Waals surface area contributed by atoms with Crippen molar-refractivity contribution in [1.82, 2.24) is 10.6 Å². The lowest BCUT2D eigenvalue weighted by Crippen LogP contribution is -2.53. The lowest BCUT2D eigenvalue weighted by atomic mass is 9.77. The van der Waals surface area contributed by atoms with Crippen molar-refractivity contribution in [1.29, 1.82) is 0 Å². The van der Waals surface area contributed by atoms with E-state index >= 15 is 0 Å². The Morgan fingerprint density at radius 1 is 0.947 bits per heavy atom. The minimum Gasteiger partial charge on any atom is -0.428 e. The molecule has 1 unspecified atom stereocenters. The molecule has 4 nitrogen and oxygen atoms in total. The predicted molar refractivity (Wildman–Crippen MR) is 120 cm³/mol. The number of benzene rings is 3. The predicted octanol–water partition coefficient (Wildman–Crippen LogP) is 6.39. The lowest BCUT2D eigenvalue weighted by molar-refractivity contribution is -0.253. The third-order valence-corrected chi connectivity index (χ3v) is 5.98. The number of nitrogens with one attached hydrogen (secondary N) is 2. The molecule has 0 heterocycles. The lowest BCUT2D eigenvalue weighted by Gasteiger charge is -2.37. The Hall–Kier alpha value is -3.83. The molecule has 202 valence electrons. The number of carbonyl (C=O) groups is 1. The van der Waals surface area contributed by atoms with E-state index in [4.69, 9.17) is 0 Å². The maximum Gasteiger partial charge on any atom is 0.461 e. The monoisotopic (exact) mass is 544 g/mol. The van der Waals surface area contributed by atoms with Crippen LogP contribution in [0.25, 0.3) is 0 Å². The summed E-state index contributed by atoms with van der Waals surface area (Å²) in [5, 5.41) is 4.62. The Kier molecular flexibility index (Phi) is 7.26. The third-order valence-electron chi connectivity index (χ3n) is 5.98. The number of halogens is 8. The van der Waals surface area contributed by atoms with E-state index in [9.17, 15) is 39.9 Å². The van der Waals surface area contributed by atoms with Crippen LogP contribution in [-0.4, -0.2) is 30.5 Å². The van der Waals surface area contributed by atoms with Gasteiger partial charge in [-0.3, -0.25) is 0 Å². The fraction of sp³-hybridized carbons (Fsp3) is 0.269. The molecule has 0 spiro atoms. The molecule has 0 bridgehead atoms. The first-order valence-corrected chi connectivity index (χ1v) is 11.2. The normalized spacial score (nSPS) is 18.0. The Morgan fingerprint density at radius 2 is 1.58 bits per heavy atom. The summed E-state index contributed by atoms with van der Waals surface area (Å²) in [6.07, 6.45) is -10.0. The molecule has 1 aliphatic rings. The van der Waals surface area contributed by atoms with Gasteiger partial charge in [-0.25, -0.2) is 22.4 Å². The van der Waals surface area contributed by atoms with Gasteiger partial charge in [0.15, 0.2) is 0 Å². The van der Waals surface area contributed by atoms with E-state index in [1.54, 1.807) is 30.3 Å². The average molecular weight is 544 g/mol. The van der Waals surface area contributed by atoms with Gasteiger partial charge < -0.3 is 15.4 Å². The molecule has 12 heteroatoms. The number of carbonyl (C=O) groups excluding carboxylic acids is 1. The van der Waals surface area contributed by atoms with E-state index in [2.05, 4.69) is 15.4 Å². The summed E-state index contributed by atoms with van der Waals surface area (Å²) in [7, 11) is 0. The van der Waals surface area contributed by atoms with Gasteiger partial charge in [0.05, 0.1) is 5.54 Å². The van der Waals surface area contributed by atoms with Crippen LogP contribution in [0.1, 0.15) is 23.1 Å². The Labute approximate surface area is 211 Å². The molecule has 3 aromatic rings. The maximum absolute atomic E-state index is 14.7. The van der Waals surface area contributed by atoms with Gasteiger partial charge in [-0.2, -0.15) is 17.6 Å². The van der Waals surface area contributed by atoms with Gasteiger partial charge in [-0.15, -0.1) is 0 Å². The van der Waals surface area contributed by atoms with E-state index in [1.807, 2.05) is 0 Å². The molecule has 38 heavy (non-hydrogen) atoms. The molecule has 2 amide bonds. The van der Waals surface area contributed by atoms with Crippen LogP contribution in [0.4, 0.5) is 39.9 Å². The van der Waals surface area contributed by atoms with Crippen molar-refractivity contribution in [3.8, 4) is 5.75 Å². The van der Waals surface area contributed by atoms with Gasteiger partial charge >= 0.3 is 18.6 Å². The summed E-state index contributed by atoms with van der Waals surface area (Å²) in [5.74, 6) is -5.97. The van der Waals surface area contributed by atoms with E-state index < -0.39 is 59.9 Å². The molecule has 2 atom stereocenters. The number of hydrogen-bond donors (Lipinski definition) is 2. The number of alkyl halides is 6. The highest BCUT2D eigenvalue weighted by molar-refractivity contribution is 5.77. The molecule has 0 aliphatic heterocycles. The summed E-state index contributed by atoms with van der Waals surface area (Å²) in [4.78, 5) is 12.9. The summed E-state index contributed by atoms with van der Waals surface area (Å²) >= 11 is 0. The fourth-order valence-electron chi connectivity index (χ4n) is 4.02. The SMILES string of the molecule is O=C(NC1CC1(F)F)N[C@](Cc1ccccc1)(c1ccc(F)cc1)c1cc(F)cc(OC(F)(F)C(F)F)c1. The first-order chi connectivity index (χ1) is 17.8. The van der Waals surface area contributed by atoms with Crippen LogP contribution in [0.5, 0.6) is 5.75 Å². The molecule has 0 saturated heterocycles. The Bertz CT molecular complexity index is 1290. The van der Waals surface area contributed by atoms with Crippen LogP contribution in [0.3, 0.4) is 0 Å². The zero-order valence-corrected chi connectivity index (χ0v) is 19.3. The summed E-state index contributed by atoms with van der Waals surface area (Å²) in [5.41, 5.74) is -1.52. The van der Waals surface area contributed by atoms with Crippen molar-refractivity contribution < 1.29 is 44.7 Å². The first-order valence-electron chi connectivity index (χ1n) is 11.2. The van der Waals surface area contributed by atoms with Crippen molar-refractivity contribution >= 4 is 6.03 Å². The van der Waals surface area contributed by atoms with Crippen LogP contribution in [0, 0.1) is 11.6 Å². The van der Waals surface area contributed by atoms with Gasteiger partial charge in [0.1, 0.15) is 23.4 Å². The fourth-order valence-corrected chi connectivity index (χ4v) is 4.02. The van der Waals surface area contributed by atoms with Gasteiger partial charge in [0, 0.05) is 18.9 Å². The standard InChI is InChI=1S/C26H20F8N2O2/c27-18-8-6-16(7-9-18)24(13-15-4-2-1-3-5-15,36-23(37)35-21-14-25(21,31)32)17-10-19(28)12-20(11-17)38-26(33,34)22(29)30/h1-12,21-22H,13-14H2,(H2,35,36,37)/t21?,24-/m1/s1. The minimum absolute atomic E-state index is 0.109. The van der Waals surface area contributed by atoms with Crippen molar-refractivity contribution in [3.63, 3.8) is 0 Å². The number of urea groups is 1. The molecule has 4 rings (SSSR count). The van der Waals surface area contributed by atoms with Gasteiger partial charge in [0.2, 0.25) is 0 Å². The molecule has 0 aromatic heterocycles. The van der Waals surface area contributed by atoms with Crippen LogP contribution >= 0.6 is 0 Å². The highest BCUT2D eigenvalue weighted by Crippen LogP contribution is 2.42. The van der Waals surface area contributed by atoms with Gasteiger partial charge in [0.25, 0.3) is 5.92 Å². The summed E-state index contributed by atoms with van der Waals surface area (Å²) < 4.78 is 112. The maximum atomic E-state index is 14.7. The highest BCUT2D eigenvalue weighted by Gasteiger charge is 2.58. The van der Waals surface area contributed by atoms with E-state index in [0.717, 1.165) is 24.3 Å². The largest absolute Gasteiger partial charge is 0.461 e. The van der Waals surface area contributed by atoms with Crippen molar-refractivity contribution in [2.75, 3.05) is 0 Å². The second-order valence-corrected chi connectivity index (χ2v) is 8.83. The first kappa shape index (κ1) is 27.2. The third kappa shape index (κ3) is 6.00. The zero-order chi connectivity index (χ0) is 27.7. The molecule has 1 aliphatic carbocycles. The molecular formula is C26H20F8N2O2. The molecular weight excluding hydrogens is 524 g/mol. The van der Waals surface area contributed by atoms with E-state index in [1.165, 1.54) is 12.1 Å². The summed E-state index contributed by atoms with van der Waals surface area (Å²) in [6, 6.07) is 12.2. The van der Waals surface area contributed by atoms with Gasteiger partial charge in [-0.1, -0.05) is 42.5 Å². The van der Waals surface area contributed by atoms with Crippen molar-refractivity contribution in [2.24, 2.45) is 0 Å². The topological polar surface area (TPSA) is 50.4 Å². The highest BCUT2D eigenvalue weighted by atomic mass is 19.3. The number of hydrogen-bond acceptors (Lipinski definition) is 2. The smallest absolute Gasteiger partial charge is 0.428 e. The Balaban J connectivity index is 1.86. The van der Waals surface area contributed by atoms with E-state index in [0.29, 0.717) is 11.6 Å². The van der Waals surface area contributed by atoms with Gasteiger partial charge in [-0.05, 0) is 41.0 Å². The number of ether oxygens (including phenoxy) is 1. The van der Waals surface area contributed by atoms with Crippen molar-refractivity contribution in [3.05, 3.63) is 101 Å². The van der Waals surface area contributed by atoms with Crippen molar-refractivity contribution in [2.45, 2.75) is 42.9 Å². The average Bonchev–Trinajstić information content (AvgIpc) is 3.43. The van der Waals surface area contributed by atoms with Crippen LogP contribution in [0.2, 0.25) is 0 Å². The number of rotatable bonds is 9. The minimum atomic E-state index is -4.97. The Morgan fingerprint density at radius 3 is 2.16 bits per heavy atom. The quantitative estimate of drug-likeness (QED) is 0.307. The van der Waals surface area contributed by atoms with Crippen LogP contribution in [-0.2, 0) is 12.0 Å². The van der Waals surface area contributed by atoms with Crippen LogP contribution in [0.15, 0.2) is 72.8 Å². The second kappa shape index (κ2) is 10.1. The van der Waals surface area contributed by atoms with Crippen LogP contribution < -0.4 is 15.4 Å².